The minimum atomic E-state index is -3.52. The van der Waals surface area contributed by atoms with E-state index in [-0.39, 0.29) is 18.4 Å². The molecule has 1 aliphatic heterocycles. The summed E-state index contributed by atoms with van der Waals surface area (Å²) in [5.41, 5.74) is 1.46. The number of thiophene rings is 1. The van der Waals surface area contributed by atoms with Crippen molar-refractivity contribution in [3.8, 4) is 0 Å². The Balaban J connectivity index is 1.73. The monoisotopic (exact) mass is 398 g/mol. The van der Waals surface area contributed by atoms with Gasteiger partial charge in [0.1, 0.15) is 4.21 Å². The first-order chi connectivity index (χ1) is 11.9. The highest BCUT2D eigenvalue weighted by Crippen LogP contribution is 2.28. The maximum Gasteiger partial charge on any atom is 0.252 e. The standard InChI is InChI=1S/C17H19ClN2O3S2/c1-12-14(18)6-2-7-15(12)19-17(21)13-5-3-9-20(11-13)25(22,23)16-8-4-10-24-16/h2,4,6-8,10,13H,3,5,9,11H2,1H3,(H,19,21)/t13-/m1/s1. The summed E-state index contributed by atoms with van der Waals surface area (Å²) in [6, 6.07) is 8.65. The van der Waals surface area contributed by atoms with Crippen molar-refractivity contribution in [3.63, 3.8) is 0 Å². The number of nitrogens with zero attached hydrogens (tertiary/aromatic N) is 1. The third kappa shape index (κ3) is 3.89. The molecule has 0 saturated carbocycles. The Labute approximate surface area is 156 Å². The van der Waals surface area contributed by atoms with E-state index in [4.69, 9.17) is 11.6 Å². The van der Waals surface area contributed by atoms with E-state index in [9.17, 15) is 13.2 Å². The summed E-state index contributed by atoms with van der Waals surface area (Å²) in [5, 5.41) is 5.21. The van der Waals surface area contributed by atoms with E-state index in [0.29, 0.717) is 34.3 Å². The molecule has 134 valence electrons. The van der Waals surface area contributed by atoms with E-state index in [1.807, 2.05) is 6.92 Å². The van der Waals surface area contributed by atoms with Crippen LogP contribution in [0.25, 0.3) is 0 Å². The van der Waals surface area contributed by atoms with Crippen molar-refractivity contribution in [2.45, 2.75) is 24.0 Å². The van der Waals surface area contributed by atoms with Crippen molar-refractivity contribution in [1.82, 2.24) is 4.31 Å². The van der Waals surface area contributed by atoms with Crippen LogP contribution < -0.4 is 5.32 Å². The van der Waals surface area contributed by atoms with E-state index < -0.39 is 10.0 Å². The molecule has 1 fully saturated rings. The quantitative estimate of drug-likeness (QED) is 0.852. The van der Waals surface area contributed by atoms with Gasteiger partial charge in [0.2, 0.25) is 5.91 Å². The van der Waals surface area contributed by atoms with Crippen LogP contribution in [-0.4, -0.2) is 31.7 Å². The van der Waals surface area contributed by atoms with Gasteiger partial charge in [-0.1, -0.05) is 23.7 Å². The van der Waals surface area contributed by atoms with Gasteiger partial charge in [-0.2, -0.15) is 4.31 Å². The second kappa shape index (κ2) is 7.45. The zero-order valence-corrected chi connectivity index (χ0v) is 16.1. The van der Waals surface area contributed by atoms with Gasteiger partial charge in [0.15, 0.2) is 0 Å². The Bertz CT molecular complexity index is 866. The summed E-state index contributed by atoms with van der Waals surface area (Å²) in [6.45, 7) is 2.48. The van der Waals surface area contributed by atoms with Gasteiger partial charge in [0.05, 0.1) is 5.92 Å². The second-order valence-corrected chi connectivity index (χ2v) is 9.56. The Morgan fingerprint density at radius 1 is 1.32 bits per heavy atom. The van der Waals surface area contributed by atoms with Crippen molar-refractivity contribution in [2.24, 2.45) is 5.92 Å². The average Bonchev–Trinajstić information content (AvgIpc) is 3.14. The molecule has 3 rings (SSSR count). The van der Waals surface area contributed by atoms with Crippen LogP contribution in [0.1, 0.15) is 18.4 Å². The molecule has 0 bridgehead atoms. The van der Waals surface area contributed by atoms with Crippen molar-refractivity contribution in [1.29, 1.82) is 0 Å². The van der Waals surface area contributed by atoms with Crippen LogP contribution in [0.3, 0.4) is 0 Å². The van der Waals surface area contributed by atoms with Gasteiger partial charge in [0, 0.05) is 23.8 Å². The number of anilines is 1. The molecule has 25 heavy (non-hydrogen) atoms. The van der Waals surface area contributed by atoms with Crippen molar-refractivity contribution in [2.75, 3.05) is 18.4 Å². The number of halogens is 1. The lowest BCUT2D eigenvalue weighted by Gasteiger charge is -2.31. The fourth-order valence-corrected chi connectivity index (χ4v) is 5.73. The topological polar surface area (TPSA) is 66.5 Å². The van der Waals surface area contributed by atoms with Crippen LogP contribution in [0.2, 0.25) is 5.02 Å². The first-order valence-corrected chi connectivity index (χ1v) is 10.7. The number of hydrogen-bond donors (Lipinski definition) is 1. The number of benzene rings is 1. The summed E-state index contributed by atoms with van der Waals surface area (Å²) in [6.07, 6.45) is 1.33. The summed E-state index contributed by atoms with van der Waals surface area (Å²) >= 11 is 7.28. The molecule has 2 heterocycles. The van der Waals surface area contributed by atoms with Gasteiger partial charge >= 0.3 is 0 Å². The summed E-state index contributed by atoms with van der Waals surface area (Å²) in [5.74, 6) is -0.543. The molecule has 0 aliphatic carbocycles. The number of rotatable bonds is 4. The van der Waals surface area contributed by atoms with Crippen LogP contribution >= 0.6 is 22.9 Å². The average molecular weight is 399 g/mol. The number of hydrogen-bond acceptors (Lipinski definition) is 4. The fourth-order valence-electron chi connectivity index (χ4n) is 2.89. The molecular weight excluding hydrogens is 380 g/mol. The number of piperidine rings is 1. The minimum absolute atomic E-state index is 0.170. The second-order valence-electron chi connectivity index (χ2n) is 6.04. The lowest BCUT2D eigenvalue weighted by Crippen LogP contribution is -2.43. The van der Waals surface area contributed by atoms with E-state index in [0.717, 1.165) is 5.56 Å². The molecule has 2 aromatic rings. The third-order valence-corrected chi connectivity index (χ3v) is 8.02. The number of nitrogens with one attached hydrogen (secondary N) is 1. The minimum Gasteiger partial charge on any atom is -0.326 e. The SMILES string of the molecule is Cc1c(Cl)cccc1NC(=O)[C@@H]1CCCN(S(=O)(=O)c2cccs2)C1. The largest absolute Gasteiger partial charge is 0.326 e. The maximum absolute atomic E-state index is 12.7. The van der Waals surface area contributed by atoms with Crippen LogP contribution in [0.15, 0.2) is 39.9 Å². The lowest BCUT2D eigenvalue weighted by molar-refractivity contribution is -0.120. The first-order valence-electron chi connectivity index (χ1n) is 7.99. The molecule has 1 saturated heterocycles. The maximum atomic E-state index is 12.7. The van der Waals surface area contributed by atoms with E-state index in [1.165, 1.54) is 15.6 Å². The third-order valence-electron chi connectivity index (χ3n) is 4.37. The molecule has 5 nitrogen and oxygen atoms in total. The molecule has 1 atom stereocenters. The van der Waals surface area contributed by atoms with Gasteiger partial charge in [-0.15, -0.1) is 11.3 Å². The normalized spacial score (nSPS) is 18.9. The highest BCUT2D eigenvalue weighted by Gasteiger charge is 2.33. The summed E-state index contributed by atoms with van der Waals surface area (Å²) in [4.78, 5) is 12.6. The summed E-state index contributed by atoms with van der Waals surface area (Å²) < 4.78 is 27.1. The number of carbonyl (C=O) groups excluding carboxylic acids is 1. The molecule has 1 aromatic heterocycles. The van der Waals surface area contributed by atoms with Crippen molar-refractivity contribution in [3.05, 3.63) is 46.3 Å². The smallest absolute Gasteiger partial charge is 0.252 e. The van der Waals surface area contributed by atoms with Crippen LogP contribution in [0.5, 0.6) is 0 Å². The summed E-state index contributed by atoms with van der Waals surface area (Å²) in [7, 11) is -3.52. The molecule has 1 amide bonds. The van der Waals surface area contributed by atoms with Gasteiger partial charge in [-0.3, -0.25) is 4.79 Å². The fraction of sp³-hybridized carbons (Fsp3) is 0.353. The van der Waals surface area contributed by atoms with Gasteiger partial charge in [-0.05, 0) is 48.9 Å². The van der Waals surface area contributed by atoms with Gasteiger partial charge in [-0.25, -0.2) is 8.42 Å². The predicted octanol–water partition coefficient (Wildman–Crippen LogP) is 3.75. The Hall–Kier alpha value is -1.41. The highest BCUT2D eigenvalue weighted by atomic mass is 35.5. The Morgan fingerprint density at radius 3 is 2.84 bits per heavy atom. The van der Waals surface area contributed by atoms with Gasteiger partial charge < -0.3 is 5.32 Å². The van der Waals surface area contributed by atoms with Crippen LogP contribution in [0, 0.1) is 12.8 Å². The molecule has 1 N–H and O–H groups in total. The van der Waals surface area contributed by atoms with E-state index >= 15 is 0 Å². The zero-order valence-electron chi connectivity index (χ0n) is 13.7. The van der Waals surface area contributed by atoms with E-state index in [1.54, 1.807) is 35.7 Å². The Morgan fingerprint density at radius 2 is 2.12 bits per heavy atom. The highest BCUT2D eigenvalue weighted by molar-refractivity contribution is 7.91. The van der Waals surface area contributed by atoms with Crippen molar-refractivity contribution >= 4 is 44.6 Å². The number of amides is 1. The van der Waals surface area contributed by atoms with Gasteiger partial charge in [0.25, 0.3) is 10.0 Å². The lowest BCUT2D eigenvalue weighted by atomic mass is 9.98. The van der Waals surface area contributed by atoms with Crippen molar-refractivity contribution < 1.29 is 13.2 Å². The molecule has 0 radical (unpaired) electrons. The molecule has 1 aromatic carbocycles. The number of carbonyl (C=O) groups is 1. The zero-order chi connectivity index (χ0) is 18.0. The van der Waals surface area contributed by atoms with E-state index in [2.05, 4.69) is 5.32 Å². The molecule has 8 heteroatoms. The molecular formula is C17H19ClN2O3S2. The molecule has 0 spiro atoms. The van der Waals surface area contributed by atoms with Crippen LogP contribution in [0.4, 0.5) is 5.69 Å². The number of sulfonamides is 1. The molecule has 0 unspecified atom stereocenters. The predicted molar refractivity (Wildman–Crippen MR) is 101 cm³/mol. The Kier molecular flexibility index (Phi) is 5.48. The first kappa shape index (κ1) is 18.4. The molecule has 1 aliphatic rings. The van der Waals surface area contributed by atoms with Crippen LogP contribution in [-0.2, 0) is 14.8 Å².